The molecule has 29 heavy (non-hydrogen) atoms. The van der Waals surface area contributed by atoms with Gasteiger partial charge in [-0.05, 0) is 69.7 Å². The molecule has 0 radical (unpaired) electrons. The molecule has 1 atom stereocenters. The molecule has 1 aromatic rings. The fraction of sp³-hybridized carbons (Fsp3) is 0.652. The van der Waals surface area contributed by atoms with Crippen LogP contribution in [-0.4, -0.2) is 49.1 Å². The van der Waals surface area contributed by atoms with Crippen LogP contribution >= 0.6 is 0 Å². The summed E-state index contributed by atoms with van der Waals surface area (Å²) < 4.78 is 10.9. The molecule has 2 aliphatic rings. The van der Waals surface area contributed by atoms with Gasteiger partial charge in [-0.3, -0.25) is 9.69 Å². The van der Waals surface area contributed by atoms with Crippen LogP contribution in [0.15, 0.2) is 6.07 Å². The minimum absolute atomic E-state index is 0.167. The van der Waals surface area contributed by atoms with Gasteiger partial charge in [0, 0.05) is 25.6 Å². The quantitative estimate of drug-likeness (QED) is 0.697. The lowest BCUT2D eigenvalue weighted by molar-refractivity contribution is 0.0525. The number of aryl methyl sites for hydroxylation is 1. The van der Waals surface area contributed by atoms with Crippen LogP contribution in [0.25, 0.3) is 0 Å². The average molecular weight is 403 g/mol. The molecule has 1 aliphatic heterocycles. The summed E-state index contributed by atoms with van der Waals surface area (Å²) in [6.07, 6.45) is 3.87. The van der Waals surface area contributed by atoms with E-state index in [1.807, 2.05) is 20.8 Å². The van der Waals surface area contributed by atoms with Gasteiger partial charge in [0.1, 0.15) is 11.4 Å². The van der Waals surface area contributed by atoms with E-state index in [0.29, 0.717) is 13.0 Å². The lowest BCUT2D eigenvalue weighted by Crippen LogP contribution is -2.36. The molecule has 0 fully saturated rings. The van der Waals surface area contributed by atoms with E-state index in [2.05, 4.69) is 23.2 Å². The number of ether oxygens (including phenoxy) is 2. The highest BCUT2D eigenvalue weighted by Crippen LogP contribution is 2.46. The number of methoxy groups -OCH3 is 1. The number of carbonyl (C=O) groups excluding carboxylic acids is 2. The van der Waals surface area contributed by atoms with Crippen LogP contribution in [0.2, 0.25) is 0 Å². The Morgan fingerprint density at radius 3 is 2.72 bits per heavy atom. The number of alkyl carbamates (subject to hydrolysis) is 1. The van der Waals surface area contributed by atoms with Crippen LogP contribution in [0.5, 0.6) is 5.75 Å². The molecule has 160 valence electrons. The summed E-state index contributed by atoms with van der Waals surface area (Å²) in [7, 11) is 1.66. The van der Waals surface area contributed by atoms with Crippen molar-refractivity contribution in [2.24, 2.45) is 0 Å². The number of Topliss-reactive ketones (excluding diaryl/α,β-unsaturated/α-hetero) is 1. The maximum absolute atomic E-state index is 12.8. The highest BCUT2D eigenvalue weighted by molar-refractivity contribution is 6.04. The molecule has 1 unspecified atom stereocenters. The van der Waals surface area contributed by atoms with Crippen molar-refractivity contribution < 1.29 is 19.1 Å². The number of hydrogen-bond acceptors (Lipinski definition) is 5. The van der Waals surface area contributed by atoms with Crippen LogP contribution in [0.1, 0.15) is 80.0 Å². The predicted octanol–water partition coefficient (Wildman–Crippen LogP) is 4.05. The molecule has 0 aromatic heterocycles. The minimum Gasteiger partial charge on any atom is -0.496 e. The SMILES string of the molecule is CCc1cc2c3c(c1OC)C(=O)CC3N(CCCCNC(=O)OC(C)(C)C)CC2. The van der Waals surface area contributed by atoms with E-state index in [-0.39, 0.29) is 17.9 Å². The highest BCUT2D eigenvalue weighted by atomic mass is 16.6. The lowest BCUT2D eigenvalue weighted by atomic mass is 9.90. The number of amides is 1. The van der Waals surface area contributed by atoms with Gasteiger partial charge < -0.3 is 14.8 Å². The van der Waals surface area contributed by atoms with Crippen molar-refractivity contribution in [2.45, 2.75) is 71.4 Å². The van der Waals surface area contributed by atoms with E-state index in [4.69, 9.17) is 9.47 Å². The van der Waals surface area contributed by atoms with Crippen LogP contribution in [-0.2, 0) is 17.6 Å². The number of unbranched alkanes of at least 4 members (excludes halogenated alkanes) is 1. The standard InChI is InChI=1S/C23H34N2O4/c1-6-15-13-16-9-12-25(11-8-7-10-24-22(27)29-23(2,3)4)17-14-18(26)20(19(16)17)21(15)28-5/h13,17H,6-12,14H2,1-5H3,(H,24,27). The number of nitrogens with zero attached hydrogens (tertiary/aromatic N) is 1. The molecule has 6 heteroatoms. The number of hydrogen-bond donors (Lipinski definition) is 1. The number of ketones is 1. The first-order valence-electron chi connectivity index (χ1n) is 10.7. The third kappa shape index (κ3) is 4.74. The zero-order chi connectivity index (χ0) is 21.2. The Bertz CT molecular complexity index is 782. The second kappa shape index (κ2) is 8.74. The largest absolute Gasteiger partial charge is 0.496 e. The number of benzene rings is 1. The van der Waals surface area contributed by atoms with Crippen molar-refractivity contribution in [1.82, 2.24) is 10.2 Å². The van der Waals surface area contributed by atoms with Crippen molar-refractivity contribution in [3.8, 4) is 5.75 Å². The maximum Gasteiger partial charge on any atom is 0.407 e. The molecule has 1 heterocycles. The van der Waals surface area contributed by atoms with Crippen molar-refractivity contribution in [1.29, 1.82) is 0 Å². The second-order valence-corrected chi connectivity index (χ2v) is 8.94. The Morgan fingerprint density at radius 1 is 1.31 bits per heavy atom. The molecule has 0 saturated carbocycles. The average Bonchev–Trinajstić information content (AvgIpc) is 3.00. The topological polar surface area (TPSA) is 67.9 Å². The molecule has 1 aliphatic carbocycles. The highest BCUT2D eigenvalue weighted by Gasteiger charge is 2.40. The van der Waals surface area contributed by atoms with Crippen molar-refractivity contribution >= 4 is 11.9 Å². The molecule has 1 amide bonds. The summed E-state index contributed by atoms with van der Waals surface area (Å²) in [6.45, 7) is 10.2. The molecule has 0 spiro atoms. The van der Waals surface area contributed by atoms with Gasteiger partial charge in [0.2, 0.25) is 0 Å². The lowest BCUT2D eigenvalue weighted by Gasteiger charge is -2.35. The van der Waals surface area contributed by atoms with Crippen LogP contribution in [0, 0.1) is 0 Å². The molecular weight excluding hydrogens is 368 g/mol. The summed E-state index contributed by atoms with van der Waals surface area (Å²) in [5.41, 5.74) is 4.00. The monoisotopic (exact) mass is 402 g/mol. The Labute approximate surface area is 173 Å². The molecule has 6 nitrogen and oxygen atoms in total. The van der Waals surface area contributed by atoms with Crippen LogP contribution < -0.4 is 10.1 Å². The van der Waals surface area contributed by atoms with Gasteiger partial charge in [-0.25, -0.2) is 4.79 Å². The minimum atomic E-state index is -0.476. The number of nitrogens with one attached hydrogen (secondary N) is 1. The van der Waals surface area contributed by atoms with Crippen LogP contribution in [0.3, 0.4) is 0 Å². The van der Waals surface area contributed by atoms with Gasteiger partial charge in [-0.1, -0.05) is 13.0 Å². The van der Waals surface area contributed by atoms with E-state index in [0.717, 1.165) is 55.6 Å². The normalized spacial score (nSPS) is 18.5. The summed E-state index contributed by atoms with van der Waals surface area (Å²) in [4.78, 5) is 27.0. The third-order valence-electron chi connectivity index (χ3n) is 5.71. The fourth-order valence-corrected chi connectivity index (χ4v) is 4.48. The van der Waals surface area contributed by atoms with Crippen molar-refractivity contribution in [3.05, 3.63) is 28.3 Å². The molecule has 0 saturated heterocycles. The van der Waals surface area contributed by atoms with Gasteiger partial charge in [-0.15, -0.1) is 0 Å². The summed E-state index contributed by atoms with van der Waals surface area (Å²) in [5, 5.41) is 2.81. The van der Waals surface area contributed by atoms with Gasteiger partial charge in [0.25, 0.3) is 0 Å². The van der Waals surface area contributed by atoms with Crippen molar-refractivity contribution in [3.63, 3.8) is 0 Å². The molecular formula is C23H34N2O4. The van der Waals surface area contributed by atoms with Gasteiger partial charge >= 0.3 is 6.09 Å². The zero-order valence-corrected chi connectivity index (χ0v) is 18.4. The summed E-state index contributed by atoms with van der Waals surface area (Å²) in [6, 6.07) is 2.41. The fourth-order valence-electron chi connectivity index (χ4n) is 4.48. The molecule has 1 aromatic carbocycles. The first-order valence-corrected chi connectivity index (χ1v) is 10.7. The van der Waals surface area contributed by atoms with Gasteiger partial charge in [-0.2, -0.15) is 0 Å². The van der Waals surface area contributed by atoms with E-state index >= 15 is 0 Å². The van der Waals surface area contributed by atoms with Crippen LogP contribution in [0.4, 0.5) is 4.79 Å². The molecule has 3 rings (SSSR count). The first kappa shape index (κ1) is 21.6. The van der Waals surface area contributed by atoms with Gasteiger partial charge in [0.05, 0.1) is 12.7 Å². The third-order valence-corrected chi connectivity index (χ3v) is 5.71. The number of carbonyl (C=O) groups is 2. The Hall–Kier alpha value is -2.08. The predicted molar refractivity (Wildman–Crippen MR) is 113 cm³/mol. The Kier molecular flexibility index (Phi) is 6.52. The summed E-state index contributed by atoms with van der Waals surface area (Å²) >= 11 is 0. The first-order chi connectivity index (χ1) is 13.7. The van der Waals surface area contributed by atoms with E-state index in [9.17, 15) is 9.59 Å². The van der Waals surface area contributed by atoms with Crippen molar-refractivity contribution in [2.75, 3.05) is 26.7 Å². The number of rotatable bonds is 7. The Morgan fingerprint density at radius 2 is 2.07 bits per heavy atom. The maximum atomic E-state index is 12.8. The van der Waals surface area contributed by atoms with E-state index in [1.54, 1.807) is 7.11 Å². The van der Waals surface area contributed by atoms with E-state index < -0.39 is 5.60 Å². The molecule has 0 bridgehead atoms. The molecule has 1 N–H and O–H groups in total. The smallest absolute Gasteiger partial charge is 0.407 e. The van der Waals surface area contributed by atoms with E-state index in [1.165, 1.54) is 11.1 Å². The Balaban J connectivity index is 1.58. The zero-order valence-electron chi connectivity index (χ0n) is 18.4. The second-order valence-electron chi connectivity index (χ2n) is 8.94. The van der Waals surface area contributed by atoms with Gasteiger partial charge in [0.15, 0.2) is 5.78 Å². The summed E-state index contributed by atoms with van der Waals surface area (Å²) in [5.74, 6) is 0.985.